The van der Waals surface area contributed by atoms with Crippen LogP contribution in [0.3, 0.4) is 0 Å². The van der Waals surface area contributed by atoms with Crippen LogP contribution >= 0.6 is 11.8 Å². The number of hydrogen-bond donors (Lipinski definition) is 1. The van der Waals surface area contributed by atoms with Crippen LogP contribution in [-0.4, -0.2) is 47.0 Å². The van der Waals surface area contributed by atoms with Crippen molar-refractivity contribution in [3.8, 4) is 0 Å². The number of carbonyl (C=O) groups is 1. The van der Waals surface area contributed by atoms with Gasteiger partial charge in [-0.3, -0.25) is 4.79 Å². The van der Waals surface area contributed by atoms with E-state index in [1.165, 1.54) is 25.0 Å². The van der Waals surface area contributed by atoms with Crippen molar-refractivity contribution in [2.45, 2.75) is 57.7 Å². The summed E-state index contributed by atoms with van der Waals surface area (Å²) in [5.41, 5.74) is 0. The second-order valence-corrected chi connectivity index (χ2v) is 6.51. The summed E-state index contributed by atoms with van der Waals surface area (Å²) in [4.78, 5) is 14.5. The molecule has 2 aliphatic heterocycles. The van der Waals surface area contributed by atoms with Crippen molar-refractivity contribution in [1.82, 2.24) is 10.2 Å². The van der Waals surface area contributed by atoms with Gasteiger partial charge in [0.1, 0.15) is 0 Å². The van der Waals surface area contributed by atoms with Gasteiger partial charge < -0.3 is 10.2 Å². The minimum absolute atomic E-state index is 0.352. The first-order chi connectivity index (χ1) is 8.18. The summed E-state index contributed by atoms with van der Waals surface area (Å²) in [5.74, 6) is 2.62. The Kier molecular flexibility index (Phi) is 4.74. The third kappa shape index (κ3) is 3.38. The van der Waals surface area contributed by atoms with E-state index in [4.69, 9.17) is 0 Å². The van der Waals surface area contributed by atoms with Crippen LogP contribution in [-0.2, 0) is 4.79 Å². The molecular formula is C13H24N2OS. The largest absolute Gasteiger partial charge is 0.337 e. The Balaban J connectivity index is 1.88. The monoisotopic (exact) mass is 256 g/mol. The quantitative estimate of drug-likeness (QED) is 0.818. The van der Waals surface area contributed by atoms with E-state index in [9.17, 15) is 4.79 Å². The van der Waals surface area contributed by atoms with Crippen molar-refractivity contribution in [3.05, 3.63) is 0 Å². The number of carbonyl (C=O) groups excluding carboxylic acids is 1. The molecule has 1 unspecified atom stereocenters. The zero-order chi connectivity index (χ0) is 12.3. The van der Waals surface area contributed by atoms with E-state index >= 15 is 0 Å². The molecule has 3 nitrogen and oxygen atoms in total. The van der Waals surface area contributed by atoms with E-state index in [-0.39, 0.29) is 0 Å². The number of rotatable bonds is 2. The molecule has 0 aromatic carbocycles. The third-order valence-electron chi connectivity index (χ3n) is 3.90. The highest BCUT2D eigenvalue weighted by molar-refractivity contribution is 7.99. The van der Waals surface area contributed by atoms with Gasteiger partial charge in [-0.1, -0.05) is 0 Å². The molecule has 98 valence electrons. The maximum atomic E-state index is 12.4. The fourth-order valence-corrected chi connectivity index (χ4v) is 3.93. The summed E-state index contributed by atoms with van der Waals surface area (Å²) in [6.07, 6.45) is 4.29. The molecule has 0 aromatic heterocycles. The first kappa shape index (κ1) is 13.2. The number of nitrogens with one attached hydrogen (secondary N) is 1. The Hall–Kier alpha value is -0.220. The molecule has 2 aliphatic rings. The van der Waals surface area contributed by atoms with Crippen LogP contribution in [0, 0.1) is 0 Å². The lowest BCUT2D eigenvalue weighted by molar-refractivity contribution is -0.137. The van der Waals surface area contributed by atoms with Crippen molar-refractivity contribution in [2.24, 2.45) is 0 Å². The van der Waals surface area contributed by atoms with Gasteiger partial charge in [0.25, 0.3) is 0 Å². The van der Waals surface area contributed by atoms with Gasteiger partial charge in [-0.2, -0.15) is 11.8 Å². The molecular weight excluding hydrogens is 232 g/mol. The first-order valence-electron chi connectivity index (χ1n) is 6.80. The normalized spacial score (nSPS) is 34.7. The number of thioether (sulfide) groups is 1. The molecule has 17 heavy (non-hydrogen) atoms. The molecule has 0 aromatic rings. The van der Waals surface area contributed by atoms with Crippen LogP contribution in [0.1, 0.15) is 39.5 Å². The van der Waals surface area contributed by atoms with Gasteiger partial charge in [0.2, 0.25) is 5.91 Å². The molecule has 1 amide bonds. The van der Waals surface area contributed by atoms with Gasteiger partial charge in [-0.05, 0) is 33.1 Å². The predicted octanol–water partition coefficient (Wildman–Crippen LogP) is 1.87. The van der Waals surface area contributed by atoms with Crippen molar-refractivity contribution in [2.75, 3.05) is 18.1 Å². The summed E-state index contributed by atoms with van der Waals surface area (Å²) in [6.45, 7) is 5.43. The van der Waals surface area contributed by atoms with Gasteiger partial charge in [0, 0.05) is 42.6 Å². The standard InChI is InChI=1S/C13H24N2OS/c1-10-4-3-5-11(2)15(10)13(16)8-12-9-17-7-6-14-12/h10-12,14H,3-9H2,1-2H3/t10-,11+,12?. The SMILES string of the molecule is C[C@@H]1CCC[C@H](C)N1C(=O)CC1CSCCN1. The summed E-state index contributed by atoms with van der Waals surface area (Å²) in [5, 5.41) is 3.45. The second-order valence-electron chi connectivity index (χ2n) is 5.36. The molecule has 1 N–H and O–H groups in total. The fourth-order valence-electron chi connectivity index (χ4n) is 2.98. The molecule has 0 bridgehead atoms. The molecule has 0 aliphatic carbocycles. The molecule has 0 spiro atoms. The smallest absolute Gasteiger partial charge is 0.224 e. The lowest BCUT2D eigenvalue weighted by Crippen LogP contribution is -2.50. The molecule has 2 saturated heterocycles. The van der Waals surface area contributed by atoms with Crippen LogP contribution in [0.4, 0.5) is 0 Å². The van der Waals surface area contributed by atoms with Gasteiger partial charge >= 0.3 is 0 Å². The minimum Gasteiger partial charge on any atom is -0.337 e. The first-order valence-corrected chi connectivity index (χ1v) is 7.96. The lowest BCUT2D eigenvalue weighted by atomic mass is 9.96. The van der Waals surface area contributed by atoms with Gasteiger partial charge in [-0.15, -0.1) is 0 Å². The summed E-state index contributed by atoms with van der Waals surface area (Å²) in [6, 6.07) is 1.26. The van der Waals surface area contributed by atoms with Crippen molar-refractivity contribution in [1.29, 1.82) is 0 Å². The summed E-state index contributed by atoms with van der Waals surface area (Å²) >= 11 is 1.96. The molecule has 0 saturated carbocycles. The van der Waals surface area contributed by atoms with Gasteiger partial charge in [-0.25, -0.2) is 0 Å². The Bertz CT molecular complexity index is 256. The van der Waals surface area contributed by atoms with Gasteiger partial charge in [0.05, 0.1) is 0 Å². The van der Waals surface area contributed by atoms with Crippen molar-refractivity contribution in [3.63, 3.8) is 0 Å². The zero-order valence-corrected chi connectivity index (χ0v) is 11.8. The summed E-state index contributed by atoms with van der Waals surface area (Å²) in [7, 11) is 0. The molecule has 4 heteroatoms. The number of nitrogens with zero attached hydrogens (tertiary/aromatic N) is 1. The van der Waals surface area contributed by atoms with E-state index in [0.717, 1.165) is 12.3 Å². The highest BCUT2D eigenvalue weighted by atomic mass is 32.2. The minimum atomic E-state index is 0.352. The molecule has 2 heterocycles. The van der Waals surface area contributed by atoms with Crippen molar-refractivity contribution < 1.29 is 4.79 Å². The van der Waals surface area contributed by atoms with E-state index in [2.05, 4.69) is 24.1 Å². The van der Waals surface area contributed by atoms with Crippen LogP contribution in [0.2, 0.25) is 0 Å². The Morgan fingerprint density at radius 3 is 2.65 bits per heavy atom. The topological polar surface area (TPSA) is 32.3 Å². The summed E-state index contributed by atoms with van der Waals surface area (Å²) < 4.78 is 0. The van der Waals surface area contributed by atoms with Crippen LogP contribution in [0.5, 0.6) is 0 Å². The molecule has 2 fully saturated rings. The highest BCUT2D eigenvalue weighted by Gasteiger charge is 2.30. The highest BCUT2D eigenvalue weighted by Crippen LogP contribution is 2.24. The number of hydrogen-bond acceptors (Lipinski definition) is 3. The Labute approximate surface area is 109 Å². The predicted molar refractivity (Wildman–Crippen MR) is 73.4 cm³/mol. The zero-order valence-electron chi connectivity index (χ0n) is 10.9. The third-order valence-corrected chi connectivity index (χ3v) is 5.03. The molecule has 2 rings (SSSR count). The maximum Gasteiger partial charge on any atom is 0.224 e. The van der Waals surface area contributed by atoms with Crippen LogP contribution < -0.4 is 5.32 Å². The van der Waals surface area contributed by atoms with Gasteiger partial charge in [0.15, 0.2) is 0 Å². The van der Waals surface area contributed by atoms with Crippen LogP contribution in [0.25, 0.3) is 0 Å². The fraction of sp³-hybridized carbons (Fsp3) is 0.923. The average Bonchev–Trinajstić information content (AvgIpc) is 2.30. The maximum absolute atomic E-state index is 12.4. The van der Waals surface area contributed by atoms with Crippen molar-refractivity contribution >= 4 is 17.7 Å². The second kappa shape index (κ2) is 6.10. The molecule has 3 atom stereocenters. The lowest BCUT2D eigenvalue weighted by Gasteiger charge is -2.40. The van der Waals surface area contributed by atoms with E-state index < -0.39 is 0 Å². The average molecular weight is 256 g/mol. The van der Waals surface area contributed by atoms with E-state index in [1.807, 2.05) is 11.8 Å². The van der Waals surface area contributed by atoms with Crippen LogP contribution in [0.15, 0.2) is 0 Å². The number of amides is 1. The Morgan fingerprint density at radius 2 is 2.06 bits per heavy atom. The molecule has 0 radical (unpaired) electrons. The van der Waals surface area contributed by atoms with E-state index in [1.54, 1.807) is 0 Å². The van der Waals surface area contributed by atoms with E-state index in [0.29, 0.717) is 30.5 Å². The Morgan fingerprint density at radius 1 is 1.35 bits per heavy atom. The number of piperidine rings is 1. The number of likely N-dealkylation sites (tertiary alicyclic amines) is 1.